The number of fused-ring (bicyclic) bond motifs is 1. The quantitative estimate of drug-likeness (QED) is 0.386. The topological polar surface area (TPSA) is 96.7 Å². The van der Waals surface area contributed by atoms with Crippen LogP contribution in [0, 0.1) is 0 Å². The van der Waals surface area contributed by atoms with Crippen LogP contribution in [-0.2, 0) is 22.5 Å². The molecule has 1 aromatic heterocycles. The van der Waals surface area contributed by atoms with Crippen molar-refractivity contribution in [3.63, 3.8) is 0 Å². The van der Waals surface area contributed by atoms with Gasteiger partial charge in [-0.3, -0.25) is 4.79 Å². The first kappa shape index (κ1) is 24.5. The first-order valence-electron chi connectivity index (χ1n) is 12.2. The van der Waals surface area contributed by atoms with Crippen molar-refractivity contribution < 1.29 is 14.6 Å². The summed E-state index contributed by atoms with van der Waals surface area (Å²) in [7, 11) is 1.65. The van der Waals surface area contributed by atoms with Gasteiger partial charge in [0, 0.05) is 29.1 Å². The lowest BCUT2D eigenvalue weighted by molar-refractivity contribution is -0.139. The van der Waals surface area contributed by atoms with Crippen LogP contribution in [0.2, 0.25) is 0 Å². The number of nitrogens with zero attached hydrogens (tertiary/aromatic N) is 3. The van der Waals surface area contributed by atoms with Crippen molar-refractivity contribution in [2.45, 2.75) is 51.6 Å². The minimum absolute atomic E-state index is 0.416. The van der Waals surface area contributed by atoms with E-state index >= 15 is 0 Å². The number of likely N-dealkylation sites (N-methyl/N-ethyl adjacent to an activating group) is 1. The monoisotopic (exact) mass is 472 g/mol. The fourth-order valence-corrected chi connectivity index (χ4v) is 4.14. The Kier molecular flexibility index (Phi) is 8.21. The maximum Gasteiger partial charge on any atom is 0.321 e. The Balaban J connectivity index is 1.39. The van der Waals surface area contributed by atoms with Crippen molar-refractivity contribution >= 4 is 11.9 Å². The van der Waals surface area contributed by atoms with E-state index in [2.05, 4.69) is 45.4 Å². The third kappa shape index (κ3) is 6.11. The highest BCUT2D eigenvalue weighted by atomic mass is 16.5. The van der Waals surface area contributed by atoms with Gasteiger partial charge >= 0.3 is 5.97 Å². The third-order valence-electron chi connectivity index (χ3n) is 6.25. The second-order valence-electron chi connectivity index (χ2n) is 8.78. The molecule has 2 N–H and O–H groups in total. The molecule has 0 radical (unpaired) electrons. The van der Waals surface area contributed by atoms with Crippen LogP contribution in [0.4, 0.5) is 0 Å². The number of hydrogen-bond donors (Lipinski definition) is 2. The van der Waals surface area contributed by atoms with E-state index in [4.69, 9.17) is 4.74 Å². The first-order chi connectivity index (χ1) is 17.1. The molecule has 0 fully saturated rings. The van der Waals surface area contributed by atoms with Crippen molar-refractivity contribution in [3.05, 3.63) is 71.5 Å². The fraction of sp³-hybridized carbons (Fsp3) is 0.357. The Hall–Kier alpha value is -3.58. The lowest BCUT2D eigenvalue weighted by atomic mass is 10.0. The van der Waals surface area contributed by atoms with E-state index < -0.39 is 12.0 Å². The highest BCUT2D eigenvalue weighted by molar-refractivity contribution is 5.98. The molecule has 0 saturated carbocycles. The van der Waals surface area contributed by atoms with E-state index in [0.717, 1.165) is 45.7 Å². The van der Waals surface area contributed by atoms with Gasteiger partial charge in [0.1, 0.15) is 6.04 Å². The molecule has 2 heterocycles. The average molecular weight is 473 g/mol. The van der Waals surface area contributed by atoms with E-state index in [1.54, 1.807) is 7.05 Å². The maximum atomic E-state index is 11.2. The normalized spacial score (nSPS) is 13.3. The molecule has 0 saturated heterocycles. The molecule has 1 aliphatic heterocycles. The number of benzene rings is 2. The molecule has 1 aliphatic rings. The largest absolute Gasteiger partial charge is 0.480 e. The summed E-state index contributed by atoms with van der Waals surface area (Å²) in [5, 5.41) is 12.0. The van der Waals surface area contributed by atoms with Crippen LogP contribution in [0.3, 0.4) is 0 Å². The Labute approximate surface area is 206 Å². The number of ether oxygens (including phenoxy) is 1. The molecule has 1 unspecified atom stereocenters. The van der Waals surface area contributed by atoms with Crippen LogP contribution in [0.1, 0.15) is 49.3 Å². The van der Waals surface area contributed by atoms with E-state index in [9.17, 15) is 9.90 Å². The molecule has 3 aromatic rings. The van der Waals surface area contributed by atoms with E-state index in [0.29, 0.717) is 25.4 Å². The summed E-state index contributed by atoms with van der Waals surface area (Å²) in [5.41, 5.74) is 6.06. The van der Waals surface area contributed by atoms with E-state index in [-0.39, 0.29) is 0 Å². The Morgan fingerprint density at radius 2 is 1.77 bits per heavy atom. The van der Waals surface area contributed by atoms with Gasteiger partial charge in [-0.05, 0) is 48.7 Å². The number of aromatic nitrogens is 2. The summed E-state index contributed by atoms with van der Waals surface area (Å²) < 4.78 is 5.93. The number of rotatable bonds is 11. The van der Waals surface area contributed by atoms with Crippen LogP contribution < -0.4 is 5.32 Å². The predicted octanol–water partition coefficient (Wildman–Crippen LogP) is 4.88. The summed E-state index contributed by atoms with van der Waals surface area (Å²) in [6.07, 6.45) is 8.80. The Bertz CT molecular complexity index is 1170. The minimum atomic E-state index is -0.861. The van der Waals surface area contributed by atoms with E-state index in [1.165, 1.54) is 19.3 Å². The molecule has 7 nitrogen and oxygen atoms in total. The van der Waals surface area contributed by atoms with Gasteiger partial charge < -0.3 is 15.2 Å². The molecule has 2 aromatic carbocycles. The van der Waals surface area contributed by atoms with Gasteiger partial charge in [0.2, 0.25) is 5.90 Å². The number of hydrogen-bond acceptors (Lipinski definition) is 6. The smallest absolute Gasteiger partial charge is 0.321 e. The number of aliphatic imine (C=N–C) groups is 1. The molecule has 182 valence electrons. The number of carbonyl (C=O) groups is 1. The number of aliphatic carboxylic acids is 1. The van der Waals surface area contributed by atoms with E-state index in [1.807, 2.05) is 36.7 Å². The summed E-state index contributed by atoms with van der Waals surface area (Å²) in [4.78, 5) is 24.9. The fourth-order valence-electron chi connectivity index (χ4n) is 4.14. The summed E-state index contributed by atoms with van der Waals surface area (Å²) >= 11 is 0. The van der Waals surface area contributed by atoms with Gasteiger partial charge in [0.05, 0.1) is 13.2 Å². The summed E-state index contributed by atoms with van der Waals surface area (Å²) in [5.74, 6) is 0.522. The molecule has 35 heavy (non-hydrogen) atoms. The zero-order chi connectivity index (χ0) is 24.6. The predicted molar refractivity (Wildman–Crippen MR) is 137 cm³/mol. The van der Waals surface area contributed by atoms with Crippen molar-refractivity contribution in [3.8, 4) is 22.5 Å². The lowest BCUT2D eigenvalue weighted by Gasteiger charge is -2.11. The van der Waals surface area contributed by atoms with Crippen LogP contribution in [0.5, 0.6) is 0 Å². The van der Waals surface area contributed by atoms with Crippen molar-refractivity contribution in [1.29, 1.82) is 0 Å². The second-order valence-corrected chi connectivity index (χ2v) is 8.78. The van der Waals surface area contributed by atoms with Crippen LogP contribution in [0.25, 0.3) is 22.5 Å². The van der Waals surface area contributed by atoms with Crippen LogP contribution in [-0.4, -0.2) is 46.6 Å². The molecule has 0 amide bonds. The van der Waals surface area contributed by atoms with Gasteiger partial charge in [-0.25, -0.2) is 15.0 Å². The summed E-state index contributed by atoms with van der Waals surface area (Å²) in [6.45, 7) is 3.55. The molecule has 4 rings (SSSR count). The zero-order valence-electron chi connectivity index (χ0n) is 20.3. The maximum absolute atomic E-state index is 11.2. The molecule has 1 atom stereocenters. The van der Waals surface area contributed by atoms with Crippen molar-refractivity contribution in [2.24, 2.45) is 4.99 Å². The minimum Gasteiger partial charge on any atom is -0.480 e. The van der Waals surface area contributed by atoms with Crippen molar-refractivity contribution in [2.75, 3.05) is 13.7 Å². The van der Waals surface area contributed by atoms with Gasteiger partial charge in [-0.1, -0.05) is 56.5 Å². The standard InChI is InChI=1S/C28H32N4O3/c1-3-4-5-6-13-35-27-24-12-11-21(15-22(24)16-32-27)23-17-30-26(31-18-23)20-9-7-19(8-10-20)14-25(29-2)28(33)34/h7-12,15,17-18,25,29H,3-6,13-14,16H2,1-2H3,(H,33,34). The van der Waals surface area contributed by atoms with Gasteiger partial charge in [-0.15, -0.1) is 0 Å². The molecular weight excluding hydrogens is 440 g/mol. The molecule has 0 spiro atoms. The summed E-state index contributed by atoms with van der Waals surface area (Å²) in [6, 6.07) is 13.4. The van der Waals surface area contributed by atoms with Crippen molar-refractivity contribution in [1.82, 2.24) is 15.3 Å². The number of nitrogens with one attached hydrogen (secondary N) is 1. The second kappa shape index (κ2) is 11.7. The highest BCUT2D eigenvalue weighted by Gasteiger charge is 2.18. The lowest BCUT2D eigenvalue weighted by Crippen LogP contribution is -2.35. The zero-order valence-corrected chi connectivity index (χ0v) is 20.3. The third-order valence-corrected chi connectivity index (χ3v) is 6.25. The first-order valence-corrected chi connectivity index (χ1v) is 12.2. The van der Waals surface area contributed by atoms with Gasteiger partial charge in [0.25, 0.3) is 0 Å². The van der Waals surface area contributed by atoms with Gasteiger partial charge in [0.15, 0.2) is 5.82 Å². The highest BCUT2D eigenvalue weighted by Crippen LogP contribution is 2.27. The average Bonchev–Trinajstić information content (AvgIpc) is 3.29. The Morgan fingerprint density at radius 1 is 1.03 bits per heavy atom. The van der Waals surface area contributed by atoms with Crippen LogP contribution >= 0.6 is 0 Å². The number of carboxylic acids is 1. The number of unbranched alkanes of at least 4 members (excludes halogenated alkanes) is 3. The van der Waals surface area contributed by atoms with Gasteiger partial charge in [-0.2, -0.15) is 0 Å². The molecular formula is C28H32N4O3. The molecule has 0 aliphatic carbocycles. The molecule has 0 bridgehead atoms. The Morgan fingerprint density at radius 3 is 2.46 bits per heavy atom. The van der Waals surface area contributed by atoms with Crippen LogP contribution in [0.15, 0.2) is 59.9 Å². The number of carboxylic acid groups (broad SMARTS) is 1. The SMILES string of the molecule is CCCCCCOC1=NCc2cc(-c3cnc(-c4ccc(CC(NC)C(=O)O)cc4)nc3)ccc21. The molecule has 7 heteroatoms.